The molecule has 3 aromatic rings. The number of amides is 1. The highest BCUT2D eigenvalue weighted by molar-refractivity contribution is 7.92. The topological polar surface area (TPSA) is 84.3 Å². The molecule has 1 unspecified atom stereocenters. The molecular weight excluding hydrogens is 459 g/mol. The highest BCUT2D eigenvalue weighted by Crippen LogP contribution is 2.35. The van der Waals surface area contributed by atoms with Crippen molar-refractivity contribution in [2.24, 2.45) is 0 Å². The van der Waals surface area contributed by atoms with E-state index >= 15 is 0 Å². The highest BCUT2D eigenvalue weighted by Gasteiger charge is 2.32. The van der Waals surface area contributed by atoms with Gasteiger partial charge in [0.05, 0.1) is 34.7 Å². The fourth-order valence-corrected chi connectivity index (χ4v) is 5.48. The van der Waals surface area contributed by atoms with Crippen LogP contribution < -0.4 is 9.62 Å². The van der Waals surface area contributed by atoms with E-state index in [1.54, 1.807) is 47.3 Å². The van der Waals surface area contributed by atoms with E-state index in [9.17, 15) is 13.2 Å². The van der Waals surface area contributed by atoms with Crippen LogP contribution in [0, 0.1) is 0 Å². The first-order valence-corrected chi connectivity index (χ1v) is 12.1. The summed E-state index contributed by atoms with van der Waals surface area (Å²) in [6, 6.07) is 11.9. The molecule has 2 heterocycles. The summed E-state index contributed by atoms with van der Waals surface area (Å²) in [5.41, 5.74) is 2.66. The van der Waals surface area contributed by atoms with Crippen molar-refractivity contribution in [1.82, 2.24) is 9.78 Å². The molecule has 4 rings (SSSR count). The first kappa shape index (κ1) is 21.7. The molecule has 0 saturated heterocycles. The Kier molecular flexibility index (Phi) is 5.72. The number of rotatable bonds is 5. The standard InChI is InChI=1S/C21H20Cl2N4O3S/c1-13-10-16-11-14(6-7-18(16)27(13)31(2,29)30)21(28)25-19-8-9-24-26(19)12-15-4-3-5-17(22)20(15)23/h3-9,11,13H,10,12H2,1-2H3,(H,25,28). The molecule has 1 amide bonds. The third-order valence-electron chi connectivity index (χ3n) is 5.16. The number of hydrogen-bond acceptors (Lipinski definition) is 4. The summed E-state index contributed by atoms with van der Waals surface area (Å²) in [6.45, 7) is 2.19. The van der Waals surface area contributed by atoms with Gasteiger partial charge in [-0.15, -0.1) is 0 Å². The first-order valence-electron chi connectivity index (χ1n) is 9.53. The fourth-order valence-electron chi connectivity index (χ4n) is 3.83. The van der Waals surface area contributed by atoms with Gasteiger partial charge >= 0.3 is 0 Å². The van der Waals surface area contributed by atoms with Gasteiger partial charge in [-0.1, -0.05) is 35.3 Å². The van der Waals surface area contributed by atoms with Gasteiger partial charge in [-0.25, -0.2) is 13.1 Å². The number of benzene rings is 2. The van der Waals surface area contributed by atoms with Crippen molar-refractivity contribution in [3.05, 3.63) is 75.4 Å². The third-order valence-corrected chi connectivity index (χ3v) is 7.29. The summed E-state index contributed by atoms with van der Waals surface area (Å²) in [5.74, 6) is 0.194. The zero-order valence-electron chi connectivity index (χ0n) is 16.8. The smallest absolute Gasteiger partial charge is 0.256 e. The van der Waals surface area contributed by atoms with E-state index in [0.29, 0.717) is 40.1 Å². The summed E-state index contributed by atoms with van der Waals surface area (Å²) >= 11 is 12.3. The SMILES string of the molecule is CC1Cc2cc(C(=O)Nc3ccnn3Cc3cccc(Cl)c3Cl)ccc2N1S(C)(=O)=O. The molecule has 10 heteroatoms. The minimum Gasteiger partial charge on any atom is -0.307 e. The van der Waals surface area contributed by atoms with E-state index in [0.717, 1.165) is 11.1 Å². The quantitative estimate of drug-likeness (QED) is 0.595. The lowest BCUT2D eigenvalue weighted by molar-refractivity contribution is 0.102. The van der Waals surface area contributed by atoms with Gasteiger partial charge < -0.3 is 5.32 Å². The van der Waals surface area contributed by atoms with Crippen molar-refractivity contribution in [2.75, 3.05) is 15.9 Å². The Morgan fingerprint density at radius 2 is 2.00 bits per heavy atom. The van der Waals surface area contributed by atoms with Crippen LogP contribution in [0.3, 0.4) is 0 Å². The van der Waals surface area contributed by atoms with Gasteiger partial charge in [-0.05, 0) is 48.7 Å². The number of halogens is 2. The predicted molar refractivity (Wildman–Crippen MR) is 123 cm³/mol. The van der Waals surface area contributed by atoms with Crippen LogP contribution in [-0.2, 0) is 23.0 Å². The second kappa shape index (κ2) is 8.18. The minimum atomic E-state index is -3.38. The zero-order valence-corrected chi connectivity index (χ0v) is 19.2. The van der Waals surface area contributed by atoms with E-state index in [2.05, 4.69) is 10.4 Å². The average molecular weight is 479 g/mol. The monoisotopic (exact) mass is 478 g/mol. The van der Waals surface area contributed by atoms with Crippen LogP contribution in [0.2, 0.25) is 10.0 Å². The molecule has 1 aliphatic heterocycles. The van der Waals surface area contributed by atoms with Crippen LogP contribution in [0.25, 0.3) is 0 Å². The average Bonchev–Trinajstić information content (AvgIpc) is 3.27. The normalized spacial score (nSPS) is 15.7. The van der Waals surface area contributed by atoms with Gasteiger partial charge in [0, 0.05) is 17.7 Å². The van der Waals surface area contributed by atoms with Gasteiger partial charge in [-0.3, -0.25) is 9.10 Å². The molecule has 31 heavy (non-hydrogen) atoms. The minimum absolute atomic E-state index is 0.188. The maximum atomic E-state index is 12.9. The van der Waals surface area contributed by atoms with E-state index < -0.39 is 10.0 Å². The molecule has 7 nitrogen and oxygen atoms in total. The molecule has 162 valence electrons. The molecule has 1 aromatic heterocycles. The summed E-state index contributed by atoms with van der Waals surface area (Å²) in [7, 11) is -3.38. The second-order valence-electron chi connectivity index (χ2n) is 7.50. The molecule has 1 aliphatic rings. The van der Waals surface area contributed by atoms with Crippen LogP contribution >= 0.6 is 23.2 Å². The number of sulfonamides is 1. The fraction of sp³-hybridized carbons (Fsp3) is 0.238. The zero-order chi connectivity index (χ0) is 22.3. The Balaban J connectivity index is 1.55. The third kappa shape index (κ3) is 4.28. The van der Waals surface area contributed by atoms with Crippen LogP contribution in [0.5, 0.6) is 0 Å². The number of hydrogen-bond donors (Lipinski definition) is 1. The van der Waals surface area contributed by atoms with E-state index in [-0.39, 0.29) is 11.9 Å². The number of nitrogens with one attached hydrogen (secondary N) is 1. The van der Waals surface area contributed by atoms with Gasteiger partial charge in [0.1, 0.15) is 5.82 Å². The summed E-state index contributed by atoms with van der Waals surface area (Å²) in [6.07, 6.45) is 3.32. The number of aromatic nitrogens is 2. The number of carbonyl (C=O) groups excluding carboxylic acids is 1. The number of carbonyl (C=O) groups is 1. The summed E-state index contributed by atoms with van der Waals surface area (Å²) < 4.78 is 27.2. The lowest BCUT2D eigenvalue weighted by Crippen LogP contribution is -2.34. The molecule has 0 fully saturated rings. The van der Waals surface area contributed by atoms with Crippen LogP contribution in [0.1, 0.15) is 28.4 Å². The molecule has 0 bridgehead atoms. The van der Waals surface area contributed by atoms with Gasteiger partial charge in [0.2, 0.25) is 10.0 Å². The molecule has 0 aliphatic carbocycles. The van der Waals surface area contributed by atoms with Crippen molar-refractivity contribution < 1.29 is 13.2 Å². The molecule has 0 spiro atoms. The van der Waals surface area contributed by atoms with Gasteiger partial charge in [-0.2, -0.15) is 5.10 Å². The van der Waals surface area contributed by atoms with E-state index in [4.69, 9.17) is 23.2 Å². The first-order chi connectivity index (χ1) is 14.6. The van der Waals surface area contributed by atoms with Crippen molar-refractivity contribution in [2.45, 2.75) is 25.9 Å². The number of nitrogens with zero attached hydrogens (tertiary/aromatic N) is 3. The highest BCUT2D eigenvalue weighted by atomic mass is 35.5. The maximum absolute atomic E-state index is 12.9. The van der Waals surface area contributed by atoms with E-state index in [1.165, 1.54) is 10.6 Å². The predicted octanol–water partition coefficient (Wildman–Crippen LogP) is 4.20. The Hall–Kier alpha value is -2.55. The van der Waals surface area contributed by atoms with E-state index in [1.807, 2.05) is 13.0 Å². The lowest BCUT2D eigenvalue weighted by atomic mass is 10.1. The number of fused-ring (bicyclic) bond motifs is 1. The maximum Gasteiger partial charge on any atom is 0.256 e. The Labute approximate surface area is 190 Å². The van der Waals surface area contributed by atoms with Crippen molar-refractivity contribution >= 4 is 50.6 Å². The number of anilines is 2. The molecule has 1 N–H and O–H groups in total. The van der Waals surface area contributed by atoms with Crippen LogP contribution in [-0.4, -0.2) is 36.4 Å². The Bertz CT molecular complexity index is 1270. The molecule has 0 radical (unpaired) electrons. The van der Waals surface area contributed by atoms with Gasteiger partial charge in [0.15, 0.2) is 0 Å². The largest absolute Gasteiger partial charge is 0.307 e. The second-order valence-corrected chi connectivity index (χ2v) is 10.1. The Morgan fingerprint density at radius 1 is 1.23 bits per heavy atom. The van der Waals surface area contributed by atoms with Crippen molar-refractivity contribution in [1.29, 1.82) is 0 Å². The molecule has 2 aromatic carbocycles. The summed E-state index contributed by atoms with van der Waals surface area (Å²) in [4.78, 5) is 12.9. The Morgan fingerprint density at radius 3 is 2.74 bits per heavy atom. The van der Waals surface area contributed by atoms with Crippen molar-refractivity contribution in [3.63, 3.8) is 0 Å². The van der Waals surface area contributed by atoms with Crippen molar-refractivity contribution in [3.8, 4) is 0 Å². The molecule has 0 saturated carbocycles. The molecule has 1 atom stereocenters. The van der Waals surface area contributed by atoms with Gasteiger partial charge in [0.25, 0.3) is 5.91 Å². The van der Waals surface area contributed by atoms with Crippen LogP contribution in [0.4, 0.5) is 11.5 Å². The molecular formula is C21H20Cl2N4O3S. The van der Waals surface area contributed by atoms with Crippen LogP contribution in [0.15, 0.2) is 48.7 Å². The summed E-state index contributed by atoms with van der Waals surface area (Å²) in [5, 5.41) is 8.02. The lowest BCUT2D eigenvalue weighted by Gasteiger charge is -2.21.